The summed E-state index contributed by atoms with van der Waals surface area (Å²) in [4.78, 5) is 12.3. The van der Waals surface area contributed by atoms with Gasteiger partial charge in [-0.25, -0.2) is 0 Å². The summed E-state index contributed by atoms with van der Waals surface area (Å²) in [6.07, 6.45) is 5.39. The minimum Gasteiger partial charge on any atom is -0.381 e. The van der Waals surface area contributed by atoms with Gasteiger partial charge in [0.2, 0.25) is 0 Å². The highest BCUT2D eigenvalue weighted by Gasteiger charge is 2.43. The lowest BCUT2D eigenvalue weighted by Crippen LogP contribution is -2.42. The second kappa shape index (κ2) is 5.09. The van der Waals surface area contributed by atoms with Crippen LogP contribution in [-0.4, -0.2) is 19.0 Å². The number of carbonyl (C=O) groups is 1. The van der Waals surface area contributed by atoms with E-state index in [4.69, 9.17) is 4.74 Å². The van der Waals surface area contributed by atoms with Crippen molar-refractivity contribution in [2.45, 2.75) is 52.9 Å². The molecule has 0 bridgehead atoms. The standard InChI is InChI=1S/C15H26O2/c1-11-4-5-13(14(16)10-11)15(2,3)12-6-8-17-9-7-12/h11-13H,4-10H2,1-3H3. The summed E-state index contributed by atoms with van der Waals surface area (Å²) in [6, 6.07) is 0. The number of hydrogen-bond acceptors (Lipinski definition) is 2. The summed E-state index contributed by atoms with van der Waals surface area (Å²) < 4.78 is 5.44. The lowest BCUT2D eigenvalue weighted by Gasteiger charge is -2.44. The molecule has 0 amide bonds. The molecule has 0 aromatic carbocycles. The van der Waals surface area contributed by atoms with E-state index in [2.05, 4.69) is 20.8 Å². The Kier molecular flexibility index (Phi) is 3.92. The molecule has 1 saturated heterocycles. The van der Waals surface area contributed by atoms with Gasteiger partial charge in [0.1, 0.15) is 5.78 Å². The molecule has 2 heteroatoms. The number of carbonyl (C=O) groups excluding carboxylic acids is 1. The Morgan fingerprint density at radius 3 is 2.35 bits per heavy atom. The first-order chi connectivity index (χ1) is 8.01. The van der Waals surface area contributed by atoms with Crippen LogP contribution in [0, 0.1) is 23.2 Å². The van der Waals surface area contributed by atoms with E-state index in [9.17, 15) is 4.79 Å². The third-order valence-corrected chi connectivity index (χ3v) is 5.06. The van der Waals surface area contributed by atoms with Crippen molar-refractivity contribution in [3.8, 4) is 0 Å². The van der Waals surface area contributed by atoms with Crippen molar-refractivity contribution in [2.24, 2.45) is 23.2 Å². The first-order valence-electron chi connectivity index (χ1n) is 7.12. The average molecular weight is 238 g/mol. The fourth-order valence-electron chi connectivity index (χ4n) is 3.71. The van der Waals surface area contributed by atoms with Crippen LogP contribution in [0.1, 0.15) is 52.9 Å². The molecule has 2 unspecified atom stereocenters. The molecule has 0 spiro atoms. The quantitative estimate of drug-likeness (QED) is 0.736. The molecular formula is C15H26O2. The molecule has 98 valence electrons. The third kappa shape index (κ3) is 2.73. The summed E-state index contributed by atoms with van der Waals surface area (Å²) in [7, 11) is 0. The van der Waals surface area contributed by atoms with Crippen LogP contribution < -0.4 is 0 Å². The Morgan fingerprint density at radius 2 is 1.76 bits per heavy atom. The first kappa shape index (κ1) is 13.1. The maximum absolute atomic E-state index is 12.3. The van der Waals surface area contributed by atoms with Crippen LogP contribution in [0.25, 0.3) is 0 Å². The summed E-state index contributed by atoms with van der Waals surface area (Å²) in [5.41, 5.74) is 0.168. The van der Waals surface area contributed by atoms with Gasteiger partial charge in [0.05, 0.1) is 0 Å². The van der Waals surface area contributed by atoms with Crippen molar-refractivity contribution in [1.82, 2.24) is 0 Å². The van der Waals surface area contributed by atoms with Crippen LogP contribution in [0.5, 0.6) is 0 Å². The van der Waals surface area contributed by atoms with Crippen LogP contribution in [0.4, 0.5) is 0 Å². The molecule has 1 aliphatic carbocycles. The van der Waals surface area contributed by atoms with E-state index in [0.717, 1.165) is 38.9 Å². The predicted molar refractivity (Wildman–Crippen MR) is 68.8 cm³/mol. The van der Waals surface area contributed by atoms with Gasteiger partial charge in [-0.2, -0.15) is 0 Å². The maximum atomic E-state index is 12.3. The molecule has 2 aliphatic rings. The van der Waals surface area contributed by atoms with Gasteiger partial charge < -0.3 is 4.74 Å². The Bertz CT molecular complexity index is 277. The maximum Gasteiger partial charge on any atom is 0.136 e. The highest BCUT2D eigenvalue weighted by atomic mass is 16.5. The molecule has 2 atom stereocenters. The number of ketones is 1. The Hall–Kier alpha value is -0.370. The predicted octanol–water partition coefficient (Wildman–Crippen LogP) is 3.44. The zero-order valence-electron chi connectivity index (χ0n) is 11.5. The van der Waals surface area contributed by atoms with Gasteiger partial charge in [-0.1, -0.05) is 20.8 Å². The second-order valence-electron chi connectivity index (χ2n) is 6.61. The van der Waals surface area contributed by atoms with E-state index in [1.54, 1.807) is 0 Å². The highest BCUT2D eigenvalue weighted by molar-refractivity contribution is 5.82. The van der Waals surface area contributed by atoms with Crippen LogP contribution in [0.15, 0.2) is 0 Å². The van der Waals surface area contributed by atoms with Crippen molar-refractivity contribution in [1.29, 1.82) is 0 Å². The highest BCUT2D eigenvalue weighted by Crippen LogP contribution is 2.46. The van der Waals surface area contributed by atoms with Crippen LogP contribution in [0.2, 0.25) is 0 Å². The third-order valence-electron chi connectivity index (χ3n) is 5.06. The molecule has 2 rings (SSSR count). The molecule has 1 saturated carbocycles. The van der Waals surface area contributed by atoms with E-state index in [1.165, 1.54) is 6.42 Å². The van der Waals surface area contributed by atoms with Gasteiger partial charge in [0, 0.05) is 25.6 Å². The van der Waals surface area contributed by atoms with Gasteiger partial charge in [0.15, 0.2) is 0 Å². The van der Waals surface area contributed by atoms with Gasteiger partial charge in [0.25, 0.3) is 0 Å². The van der Waals surface area contributed by atoms with E-state index in [1.807, 2.05) is 0 Å². The van der Waals surface area contributed by atoms with Gasteiger partial charge in [-0.05, 0) is 42.9 Å². The largest absolute Gasteiger partial charge is 0.381 e. The molecule has 0 radical (unpaired) electrons. The summed E-state index contributed by atoms with van der Waals surface area (Å²) in [5.74, 6) is 2.07. The minimum atomic E-state index is 0.168. The van der Waals surface area contributed by atoms with E-state index >= 15 is 0 Å². The molecule has 1 heterocycles. The molecule has 2 nitrogen and oxygen atoms in total. The van der Waals surface area contributed by atoms with Crippen LogP contribution in [0.3, 0.4) is 0 Å². The molecule has 0 N–H and O–H groups in total. The second-order valence-corrected chi connectivity index (χ2v) is 6.61. The Labute approximate surface area is 105 Å². The lowest BCUT2D eigenvalue weighted by atomic mass is 9.61. The first-order valence-corrected chi connectivity index (χ1v) is 7.12. The Morgan fingerprint density at radius 1 is 1.12 bits per heavy atom. The SMILES string of the molecule is CC1CCC(C(C)(C)C2CCOCC2)C(=O)C1. The monoisotopic (exact) mass is 238 g/mol. The average Bonchev–Trinajstić information content (AvgIpc) is 2.29. The van der Waals surface area contributed by atoms with E-state index in [-0.39, 0.29) is 5.41 Å². The summed E-state index contributed by atoms with van der Waals surface area (Å²) in [6.45, 7) is 8.58. The normalized spacial score (nSPS) is 32.8. The number of ether oxygens (including phenoxy) is 1. The van der Waals surface area contributed by atoms with Gasteiger partial charge >= 0.3 is 0 Å². The van der Waals surface area contributed by atoms with Crippen LogP contribution in [-0.2, 0) is 9.53 Å². The molecule has 0 aromatic heterocycles. The number of hydrogen-bond donors (Lipinski definition) is 0. The van der Waals surface area contributed by atoms with Gasteiger partial charge in [-0.15, -0.1) is 0 Å². The fourth-order valence-corrected chi connectivity index (χ4v) is 3.71. The Balaban J connectivity index is 2.05. The molecular weight excluding hydrogens is 212 g/mol. The summed E-state index contributed by atoms with van der Waals surface area (Å²) >= 11 is 0. The van der Waals surface area contributed by atoms with Gasteiger partial charge in [-0.3, -0.25) is 4.79 Å². The van der Waals surface area contributed by atoms with Crippen molar-refractivity contribution in [2.75, 3.05) is 13.2 Å². The fraction of sp³-hybridized carbons (Fsp3) is 0.933. The van der Waals surface area contributed by atoms with Crippen molar-refractivity contribution >= 4 is 5.78 Å². The molecule has 1 aliphatic heterocycles. The summed E-state index contributed by atoms with van der Waals surface area (Å²) in [5, 5.41) is 0. The number of rotatable bonds is 2. The molecule has 2 fully saturated rings. The zero-order valence-corrected chi connectivity index (χ0v) is 11.5. The zero-order chi connectivity index (χ0) is 12.5. The molecule has 17 heavy (non-hydrogen) atoms. The van der Waals surface area contributed by atoms with E-state index < -0.39 is 0 Å². The minimum absolute atomic E-state index is 0.168. The smallest absolute Gasteiger partial charge is 0.136 e. The lowest BCUT2D eigenvalue weighted by molar-refractivity contribution is -0.133. The van der Waals surface area contributed by atoms with Crippen LogP contribution >= 0.6 is 0 Å². The van der Waals surface area contributed by atoms with E-state index in [0.29, 0.717) is 23.5 Å². The topological polar surface area (TPSA) is 26.3 Å². The van der Waals surface area contributed by atoms with Crippen molar-refractivity contribution in [3.63, 3.8) is 0 Å². The van der Waals surface area contributed by atoms with Crippen molar-refractivity contribution in [3.05, 3.63) is 0 Å². The molecule has 0 aromatic rings. The van der Waals surface area contributed by atoms with Crippen molar-refractivity contribution < 1.29 is 9.53 Å². The number of Topliss-reactive ketones (excluding diaryl/α,β-unsaturated/α-hetero) is 1.